The molecule has 2 aromatic rings. The Morgan fingerprint density at radius 3 is 2.81 bits per heavy atom. The molecule has 1 heterocycles. The molecule has 0 saturated carbocycles. The lowest BCUT2D eigenvalue weighted by Gasteiger charge is -2.13. The van der Waals surface area contributed by atoms with Crippen molar-refractivity contribution in [3.63, 3.8) is 0 Å². The monoisotopic (exact) mass is 235 g/mol. The molecule has 16 heavy (non-hydrogen) atoms. The standard InChI is InChI=1S/C12H14ClN3/c1-3-9-7(2)15-11-5-4-8(13)6-10(11)12(9)16-14/h4-6H,3,14H2,1-2H3,(H,15,16). The SMILES string of the molecule is CCc1c(C)nc2ccc(Cl)cc2c1NN. The Labute approximate surface area is 99.6 Å². The number of anilines is 1. The first-order chi connectivity index (χ1) is 7.67. The summed E-state index contributed by atoms with van der Waals surface area (Å²) in [5.74, 6) is 5.59. The molecule has 0 unspecified atom stereocenters. The van der Waals surface area contributed by atoms with E-state index in [1.165, 1.54) is 0 Å². The summed E-state index contributed by atoms with van der Waals surface area (Å²) >= 11 is 5.99. The summed E-state index contributed by atoms with van der Waals surface area (Å²) in [6, 6.07) is 5.63. The van der Waals surface area contributed by atoms with Crippen molar-refractivity contribution in [2.45, 2.75) is 20.3 Å². The summed E-state index contributed by atoms with van der Waals surface area (Å²) in [7, 11) is 0. The van der Waals surface area contributed by atoms with Gasteiger partial charge in [0.1, 0.15) is 0 Å². The van der Waals surface area contributed by atoms with Crippen LogP contribution >= 0.6 is 11.6 Å². The van der Waals surface area contributed by atoms with E-state index in [2.05, 4.69) is 17.3 Å². The molecule has 1 aromatic carbocycles. The van der Waals surface area contributed by atoms with Crippen molar-refractivity contribution < 1.29 is 0 Å². The highest BCUT2D eigenvalue weighted by atomic mass is 35.5. The van der Waals surface area contributed by atoms with Gasteiger partial charge in [-0.1, -0.05) is 18.5 Å². The number of hydrogen-bond donors (Lipinski definition) is 2. The maximum atomic E-state index is 5.99. The number of hydrogen-bond acceptors (Lipinski definition) is 3. The van der Waals surface area contributed by atoms with E-state index in [1.54, 1.807) is 0 Å². The van der Waals surface area contributed by atoms with Gasteiger partial charge in [-0.2, -0.15) is 0 Å². The number of benzene rings is 1. The Balaban J connectivity index is 2.86. The minimum Gasteiger partial charge on any atom is -0.323 e. The van der Waals surface area contributed by atoms with Crippen molar-refractivity contribution in [1.29, 1.82) is 0 Å². The van der Waals surface area contributed by atoms with E-state index in [0.717, 1.165) is 34.3 Å². The summed E-state index contributed by atoms with van der Waals surface area (Å²) < 4.78 is 0. The second-order valence-electron chi connectivity index (χ2n) is 3.71. The molecule has 0 saturated heterocycles. The maximum absolute atomic E-state index is 5.99. The van der Waals surface area contributed by atoms with Crippen molar-refractivity contribution in [3.8, 4) is 0 Å². The smallest absolute Gasteiger partial charge is 0.0727 e. The van der Waals surface area contributed by atoms with Crippen LogP contribution in [-0.2, 0) is 6.42 Å². The van der Waals surface area contributed by atoms with Crippen LogP contribution in [0.4, 0.5) is 5.69 Å². The molecular formula is C12H14ClN3. The molecule has 0 amide bonds. The topological polar surface area (TPSA) is 50.9 Å². The summed E-state index contributed by atoms with van der Waals surface area (Å²) in [4.78, 5) is 4.54. The number of nitrogen functional groups attached to an aromatic ring is 1. The van der Waals surface area contributed by atoms with Crippen LogP contribution in [0.2, 0.25) is 5.02 Å². The largest absolute Gasteiger partial charge is 0.323 e. The number of aryl methyl sites for hydroxylation is 1. The number of aromatic nitrogens is 1. The quantitative estimate of drug-likeness (QED) is 0.621. The number of nitrogens with two attached hydrogens (primary N) is 1. The molecule has 84 valence electrons. The van der Waals surface area contributed by atoms with Crippen LogP contribution < -0.4 is 11.3 Å². The van der Waals surface area contributed by atoms with Crippen LogP contribution in [0, 0.1) is 6.92 Å². The fourth-order valence-electron chi connectivity index (χ4n) is 2.00. The van der Waals surface area contributed by atoms with Gasteiger partial charge in [-0.25, -0.2) is 0 Å². The molecule has 2 rings (SSSR count). The number of nitrogens with zero attached hydrogens (tertiary/aromatic N) is 1. The molecule has 4 heteroatoms. The highest BCUT2D eigenvalue weighted by molar-refractivity contribution is 6.31. The van der Waals surface area contributed by atoms with E-state index in [4.69, 9.17) is 17.4 Å². The van der Waals surface area contributed by atoms with E-state index in [1.807, 2.05) is 25.1 Å². The Kier molecular flexibility index (Phi) is 2.99. The van der Waals surface area contributed by atoms with Crippen LogP contribution in [0.15, 0.2) is 18.2 Å². The van der Waals surface area contributed by atoms with E-state index in [0.29, 0.717) is 5.02 Å². The first-order valence-corrected chi connectivity index (χ1v) is 5.60. The number of halogens is 1. The highest BCUT2D eigenvalue weighted by Crippen LogP contribution is 2.30. The third-order valence-electron chi connectivity index (χ3n) is 2.75. The fourth-order valence-corrected chi connectivity index (χ4v) is 2.17. The Morgan fingerprint density at radius 1 is 1.44 bits per heavy atom. The molecule has 0 fully saturated rings. The fraction of sp³-hybridized carbons (Fsp3) is 0.250. The van der Waals surface area contributed by atoms with Crippen molar-refractivity contribution >= 4 is 28.2 Å². The summed E-state index contributed by atoms with van der Waals surface area (Å²) in [5, 5.41) is 1.66. The lowest BCUT2D eigenvalue weighted by atomic mass is 10.0. The first kappa shape index (κ1) is 11.2. The van der Waals surface area contributed by atoms with Crippen LogP contribution in [0.3, 0.4) is 0 Å². The lowest BCUT2D eigenvalue weighted by Crippen LogP contribution is -2.11. The van der Waals surface area contributed by atoms with E-state index in [-0.39, 0.29) is 0 Å². The molecule has 0 aliphatic heterocycles. The molecule has 3 nitrogen and oxygen atoms in total. The molecule has 0 aliphatic carbocycles. The van der Waals surface area contributed by atoms with Crippen LogP contribution in [0.25, 0.3) is 10.9 Å². The van der Waals surface area contributed by atoms with Gasteiger partial charge in [0.15, 0.2) is 0 Å². The predicted molar refractivity (Wildman–Crippen MR) is 68.7 cm³/mol. The van der Waals surface area contributed by atoms with Gasteiger partial charge in [0, 0.05) is 16.1 Å². The van der Waals surface area contributed by atoms with Gasteiger partial charge in [0.05, 0.1) is 11.2 Å². The third-order valence-corrected chi connectivity index (χ3v) is 2.99. The van der Waals surface area contributed by atoms with Crippen LogP contribution in [-0.4, -0.2) is 4.98 Å². The molecule has 0 atom stereocenters. The normalized spacial score (nSPS) is 10.8. The predicted octanol–water partition coefficient (Wildman–Crippen LogP) is 3.04. The molecule has 0 aliphatic rings. The Hall–Kier alpha value is -1.32. The van der Waals surface area contributed by atoms with E-state index in [9.17, 15) is 0 Å². The summed E-state index contributed by atoms with van der Waals surface area (Å²) in [6.07, 6.45) is 0.890. The second-order valence-corrected chi connectivity index (χ2v) is 4.15. The lowest BCUT2D eigenvalue weighted by molar-refractivity contribution is 1.06. The Bertz CT molecular complexity index is 537. The number of nitrogens with one attached hydrogen (secondary N) is 1. The third kappa shape index (κ3) is 1.72. The van der Waals surface area contributed by atoms with Crippen molar-refractivity contribution in [1.82, 2.24) is 4.98 Å². The molecular weight excluding hydrogens is 222 g/mol. The van der Waals surface area contributed by atoms with Gasteiger partial charge in [0.25, 0.3) is 0 Å². The minimum absolute atomic E-state index is 0.691. The molecule has 0 spiro atoms. The first-order valence-electron chi connectivity index (χ1n) is 5.22. The molecule has 0 radical (unpaired) electrons. The van der Waals surface area contributed by atoms with Gasteiger partial charge in [-0.15, -0.1) is 0 Å². The van der Waals surface area contributed by atoms with Crippen molar-refractivity contribution in [2.24, 2.45) is 5.84 Å². The second kappa shape index (κ2) is 4.28. The number of pyridine rings is 1. The van der Waals surface area contributed by atoms with Gasteiger partial charge < -0.3 is 5.43 Å². The Morgan fingerprint density at radius 2 is 2.19 bits per heavy atom. The van der Waals surface area contributed by atoms with Crippen LogP contribution in [0.5, 0.6) is 0 Å². The van der Waals surface area contributed by atoms with Gasteiger partial charge in [-0.3, -0.25) is 10.8 Å². The highest BCUT2D eigenvalue weighted by Gasteiger charge is 2.10. The van der Waals surface area contributed by atoms with Crippen molar-refractivity contribution in [2.75, 3.05) is 5.43 Å². The van der Waals surface area contributed by atoms with Crippen LogP contribution in [0.1, 0.15) is 18.2 Å². The van der Waals surface area contributed by atoms with E-state index >= 15 is 0 Å². The van der Waals surface area contributed by atoms with Gasteiger partial charge in [-0.05, 0) is 37.1 Å². The molecule has 3 N–H and O–H groups in total. The summed E-state index contributed by atoms with van der Waals surface area (Å²) in [6.45, 7) is 4.08. The average molecular weight is 236 g/mol. The van der Waals surface area contributed by atoms with Gasteiger partial charge >= 0.3 is 0 Å². The molecule has 0 bridgehead atoms. The average Bonchev–Trinajstić information content (AvgIpc) is 2.28. The number of rotatable bonds is 2. The van der Waals surface area contributed by atoms with E-state index < -0.39 is 0 Å². The van der Waals surface area contributed by atoms with Crippen molar-refractivity contribution in [3.05, 3.63) is 34.5 Å². The number of fused-ring (bicyclic) bond motifs is 1. The zero-order chi connectivity index (χ0) is 11.7. The zero-order valence-electron chi connectivity index (χ0n) is 9.34. The minimum atomic E-state index is 0.691. The molecule has 1 aromatic heterocycles. The summed E-state index contributed by atoms with van der Waals surface area (Å²) in [5.41, 5.74) is 6.73. The van der Waals surface area contributed by atoms with Gasteiger partial charge in [0.2, 0.25) is 0 Å². The number of hydrazine groups is 1. The maximum Gasteiger partial charge on any atom is 0.0727 e. The zero-order valence-corrected chi connectivity index (χ0v) is 10.1.